The predicted molar refractivity (Wildman–Crippen MR) is 79.9 cm³/mol. The minimum Gasteiger partial charge on any atom is -0.437 e. The molecule has 0 bridgehead atoms. The molecule has 0 aliphatic heterocycles. The second-order valence-corrected chi connectivity index (χ2v) is 5.79. The third kappa shape index (κ3) is 3.14. The molecule has 1 fully saturated rings. The van der Waals surface area contributed by atoms with Gasteiger partial charge in [0, 0.05) is 18.1 Å². The molecule has 6 nitrogen and oxygen atoms in total. The second-order valence-electron chi connectivity index (χ2n) is 4.61. The molecule has 1 aromatic heterocycles. The summed E-state index contributed by atoms with van der Waals surface area (Å²) in [4.78, 5) is 18.9. The molecule has 0 unspecified atom stereocenters. The number of nitrogens with zero attached hydrogens (tertiary/aromatic N) is 3. The highest BCUT2D eigenvalue weighted by Gasteiger charge is 2.27. The van der Waals surface area contributed by atoms with Crippen molar-refractivity contribution in [3.63, 3.8) is 0 Å². The summed E-state index contributed by atoms with van der Waals surface area (Å²) >= 11 is 9.13. The molecule has 1 aliphatic rings. The van der Waals surface area contributed by atoms with Crippen molar-refractivity contribution in [2.75, 3.05) is 0 Å². The number of hydrogen-bond donors (Lipinski definition) is 0. The van der Waals surface area contributed by atoms with Gasteiger partial charge in [0.25, 0.3) is 5.69 Å². The molecule has 21 heavy (non-hydrogen) atoms. The van der Waals surface area contributed by atoms with E-state index >= 15 is 0 Å². The summed E-state index contributed by atoms with van der Waals surface area (Å²) < 4.78 is 5.87. The van der Waals surface area contributed by atoms with Gasteiger partial charge in [-0.2, -0.15) is 4.98 Å². The van der Waals surface area contributed by atoms with Gasteiger partial charge in [0.15, 0.2) is 5.75 Å². The molecule has 1 aliphatic carbocycles. The first kappa shape index (κ1) is 14.2. The van der Waals surface area contributed by atoms with E-state index in [0.717, 1.165) is 12.8 Å². The van der Waals surface area contributed by atoms with E-state index in [0.29, 0.717) is 22.6 Å². The normalized spacial score (nSPS) is 14.0. The molecule has 108 valence electrons. The van der Waals surface area contributed by atoms with Crippen LogP contribution in [0.5, 0.6) is 11.6 Å². The zero-order valence-corrected chi connectivity index (χ0v) is 13.0. The fourth-order valence-electron chi connectivity index (χ4n) is 1.82. The highest BCUT2D eigenvalue weighted by molar-refractivity contribution is 9.10. The van der Waals surface area contributed by atoms with E-state index in [2.05, 4.69) is 25.9 Å². The summed E-state index contributed by atoms with van der Waals surface area (Å²) in [5.41, 5.74) is -0.0740. The van der Waals surface area contributed by atoms with Crippen molar-refractivity contribution >= 4 is 33.2 Å². The zero-order valence-electron chi connectivity index (χ0n) is 10.6. The van der Waals surface area contributed by atoms with E-state index < -0.39 is 4.92 Å². The van der Waals surface area contributed by atoms with E-state index in [4.69, 9.17) is 16.3 Å². The van der Waals surface area contributed by atoms with Crippen molar-refractivity contribution in [3.8, 4) is 11.6 Å². The average molecular weight is 371 g/mol. The zero-order chi connectivity index (χ0) is 15.0. The lowest BCUT2D eigenvalue weighted by Gasteiger charge is -2.08. The summed E-state index contributed by atoms with van der Waals surface area (Å²) in [6.45, 7) is 0. The predicted octanol–water partition coefficient (Wildman–Crippen LogP) is 4.47. The number of hydrogen-bond acceptors (Lipinski definition) is 5. The average Bonchev–Trinajstić information content (AvgIpc) is 3.24. The van der Waals surface area contributed by atoms with Gasteiger partial charge in [-0.15, -0.1) is 0 Å². The van der Waals surface area contributed by atoms with Crippen LogP contribution in [0.4, 0.5) is 5.69 Å². The fourth-order valence-corrected chi connectivity index (χ4v) is 2.49. The van der Waals surface area contributed by atoms with E-state index in [1.54, 1.807) is 12.1 Å². The Morgan fingerprint density at radius 2 is 2.14 bits per heavy atom. The van der Waals surface area contributed by atoms with Gasteiger partial charge < -0.3 is 4.74 Å². The second kappa shape index (κ2) is 5.57. The highest BCUT2D eigenvalue weighted by Crippen LogP contribution is 2.40. The Bertz CT molecular complexity index is 722. The summed E-state index contributed by atoms with van der Waals surface area (Å²) in [6, 6.07) is 6.03. The van der Waals surface area contributed by atoms with Gasteiger partial charge in [0.2, 0.25) is 5.88 Å². The van der Waals surface area contributed by atoms with Gasteiger partial charge in [-0.25, -0.2) is 4.98 Å². The number of halogens is 2. The lowest BCUT2D eigenvalue weighted by molar-refractivity contribution is -0.385. The Labute approximate surface area is 133 Å². The molecular formula is C13H9BrClN3O3. The van der Waals surface area contributed by atoms with E-state index in [9.17, 15) is 10.1 Å². The minimum atomic E-state index is -0.487. The molecule has 0 spiro atoms. The molecule has 1 aromatic carbocycles. The first-order valence-electron chi connectivity index (χ1n) is 6.20. The topological polar surface area (TPSA) is 78.2 Å². The van der Waals surface area contributed by atoms with Gasteiger partial charge in [-0.3, -0.25) is 10.1 Å². The molecule has 1 saturated carbocycles. The van der Waals surface area contributed by atoms with Crippen molar-refractivity contribution in [1.82, 2.24) is 9.97 Å². The molecular weight excluding hydrogens is 362 g/mol. The SMILES string of the molecule is O=[N+]([O-])c1cccc(Oc2cc(Cl)nc(C3CC3)n2)c1Br. The Morgan fingerprint density at radius 1 is 1.38 bits per heavy atom. The number of benzene rings is 1. The molecule has 0 saturated heterocycles. The van der Waals surface area contributed by atoms with Crippen LogP contribution in [0.25, 0.3) is 0 Å². The standard InChI is InChI=1S/C13H9BrClN3O3/c14-12-8(18(19)20)2-1-3-9(12)21-11-6-10(15)16-13(17-11)7-4-5-7/h1-3,6-7H,4-5H2. The first-order chi connectivity index (χ1) is 10.0. The van der Waals surface area contributed by atoms with Gasteiger partial charge in [0.1, 0.15) is 15.5 Å². The largest absolute Gasteiger partial charge is 0.437 e. The van der Waals surface area contributed by atoms with E-state index in [1.165, 1.54) is 12.1 Å². The number of aromatic nitrogens is 2. The lowest BCUT2D eigenvalue weighted by atomic mass is 10.3. The van der Waals surface area contributed by atoms with E-state index in [1.807, 2.05) is 0 Å². The summed E-state index contributed by atoms with van der Waals surface area (Å²) in [5, 5.41) is 11.2. The molecule has 8 heteroatoms. The number of nitro groups is 1. The molecule has 0 atom stereocenters. The van der Waals surface area contributed by atoms with Crippen molar-refractivity contribution in [2.45, 2.75) is 18.8 Å². The van der Waals surface area contributed by atoms with Crippen LogP contribution < -0.4 is 4.74 Å². The third-order valence-electron chi connectivity index (χ3n) is 2.99. The number of ether oxygens (including phenoxy) is 1. The van der Waals surface area contributed by atoms with Crippen molar-refractivity contribution < 1.29 is 9.66 Å². The maximum atomic E-state index is 10.9. The van der Waals surface area contributed by atoms with Crippen LogP contribution in [0.3, 0.4) is 0 Å². The number of nitro benzene ring substituents is 1. The Hall–Kier alpha value is -1.73. The Morgan fingerprint density at radius 3 is 2.81 bits per heavy atom. The Balaban J connectivity index is 1.93. The summed E-state index contributed by atoms with van der Waals surface area (Å²) in [5.74, 6) is 1.57. The van der Waals surface area contributed by atoms with Crippen LogP contribution in [0.15, 0.2) is 28.7 Å². The maximum absolute atomic E-state index is 10.9. The highest BCUT2D eigenvalue weighted by atomic mass is 79.9. The van der Waals surface area contributed by atoms with Gasteiger partial charge in [0.05, 0.1) is 4.92 Å². The molecule has 1 heterocycles. The lowest BCUT2D eigenvalue weighted by Crippen LogP contribution is -1.97. The molecule has 3 rings (SSSR count). The van der Waals surface area contributed by atoms with E-state index in [-0.39, 0.29) is 16.0 Å². The van der Waals surface area contributed by atoms with Crippen LogP contribution in [-0.4, -0.2) is 14.9 Å². The third-order valence-corrected chi connectivity index (χ3v) is 3.98. The maximum Gasteiger partial charge on any atom is 0.287 e. The molecule has 0 N–H and O–H groups in total. The monoisotopic (exact) mass is 369 g/mol. The van der Waals surface area contributed by atoms with Crippen molar-refractivity contribution in [1.29, 1.82) is 0 Å². The van der Waals surface area contributed by atoms with Crippen LogP contribution in [0.2, 0.25) is 5.15 Å². The van der Waals surface area contributed by atoms with Crippen molar-refractivity contribution in [3.05, 3.63) is 49.8 Å². The van der Waals surface area contributed by atoms with Crippen LogP contribution >= 0.6 is 27.5 Å². The molecule has 0 amide bonds. The first-order valence-corrected chi connectivity index (χ1v) is 7.37. The number of rotatable bonds is 4. The van der Waals surface area contributed by atoms with Crippen LogP contribution in [-0.2, 0) is 0 Å². The summed E-state index contributed by atoms with van der Waals surface area (Å²) in [6.07, 6.45) is 2.08. The molecule has 2 aromatic rings. The van der Waals surface area contributed by atoms with Crippen molar-refractivity contribution in [2.24, 2.45) is 0 Å². The quantitative estimate of drug-likeness (QED) is 0.451. The smallest absolute Gasteiger partial charge is 0.287 e. The summed E-state index contributed by atoms with van der Waals surface area (Å²) in [7, 11) is 0. The van der Waals surface area contributed by atoms with Crippen LogP contribution in [0, 0.1) is 10.1 Å². The van der Waals surface area contributed by atoms with Gasteiger partial charge in [-0.05, 0) is 34.8 Å². The minimum absolute atomic E-state index is 0.0740. The Kier molecular flexibility index (Phi) is 3.77. The van der Waals surface area contributed by atoms with Gasteiger partial charge >= 0.3 is 0 Å². The van der Waals surface area contributed by atoms with Gasteiger partial charge in [-0.1, -0.05) is 17.7 Å². The fraction of sp³-hybridized carbons (Fsp3) is 0.231. The molecule has 0 radical (unpaired) electrons. The van der Waals surface area contributed by atoms with Crippen LogP contribution in [0.1, 0.15) is 24.6 Å².